The molecule has 104 valence electrons. The number of hydrogen-bond donors (Lipinski definition) is 2. The molecule has 0 aromatic heterocycles. The van der Waals surface area contributed by atoms with Gasteiger partial charge in [0.15, 0.2) is 17.4 Å². The van der Waals surface area contributed by atoms with Crippen LogP contribution in [0.5, 0.6) is 0 Å². The molecule has 2 aromatic carbocycles. The van der Waals surface area contributed by atoms with E-state index < -0.39 is 17.5 Å². The molecule has 2 aromatic rings. The summed E-state index contributed by atoms with van der Waals surface area (Å²) in [6, 6.07) is 5.53. The van der Waals surface area contributed by atoms with Gasteiger partial charge in [-0.1, -0.05) is 0 Å². The summed E-state index contributed by atoms with van der Waals surface area (Å²) in [5.74, 6) is -3.63. The third kappa shape index (κ3) is 2.74. The van der Waals surface area contributed by atoms with Crippen molar-refractivity contribution in [3.63, 3.8) is 0 Å². The molecule has 0 radical (unpaired) electrons. The molecule has 0 unspecified atom stereocenters. The second-order valence-electron chi connectivity index (χ2n) is 4.23. The van der Waals surface area contributed by atoms with Crippen LogP contribution in [0.1, 0.15) is 17.3 Å². The number of anilines is 3. The third-order valence-electron chi connectivity index (χ3n) is 2.72. The molecule has 0 heterocycles. The number of nitrogens with two attached hydrogens (primary N) is 1. The summed E-state index contributed by atoms with van der Waals surface area (Å²) >= 11 is 0. The van der Waals surface area contributed by atoms with Crippen LogP contribution in [0.3, 0.4) is 0 Å². The molecule has 0 bridgehead atoms. The zero-order chi connectivity index (χ0) is 14.9. The molecule has 0 atom stereocenters. The smallest absolute Gasteiger partial charge is 0.161 e. The van der Waals surface area contributed by atoms with Gasteiger partial charge in [0.05, 0.1) is 5.69 Å². The quantitative estimate of drug-likeness (QED) is 0.513. The van der Waals surface area contributed by atoms with Crippen molar-refractivity contribution in [3.05, 3.63) is 53.3 Å². The van der Waals surface area contributed by atoms with Gasteiger partial charge in [0, 0.05) is 29.1 Å². The highest BCUT2D eigenvalue weighted by atomic mass is 19.2. The summed E-state index contributed by atoms with van der Waals surface area (Å²) in [5.41, 5.74) is 6.28. The largest absolute Gasteiger partial charge is 0.398 e. The summed E-state index contributed by atoms with van der Waals surface area (Å²) in [6.07, 6.45) is 0. The number of ketones is 1. The predicted molar refractivity (Wildman–Crippen MR) is 70.5 cm³/mol. The second-order valence-corrected chi connectivity index (χ2v) is 4.23. The summed E-state index contributed by atoms with van der Waals surface area (Å²) in [6.45, 7) is 1.34. The van der Waals surface area contributed by atoms with Crippen molar-refractivity contribution in [2.24, 2.45) is 0 Å². The topological polar surface area (TPSA) is 55.1 Å². The van der Waals surface area contributed by atoms with E-state index in [1.807, 2.05) is 0 Å². The van der Waals surface area contributed by atoms with Crippen molar-refractivity contribution in [1.29, 1.82) is 0 Å². The minimum absolute atomic E-state index is 0.233. The van der Waals surface area contributed by atoms with E-state index in [1.165, 1.54) is 25.1 Å². The van der Waals surface area contributed by atoms with Crippen LogP contribution in [0.2, 0.25) is 0 Å². The third-order valence-corrected chi connectivity index (χ3v) is 2.72. The lowest BCUT2D eigenvalue weighted by Gasteiger charge is -2.10. The first kappa shape index (κ1) is 13.9. The summed E-state index contributed by atoms with van der Waals surface area (Å²) < 4.78 is 39.4. The molecule has 3 N–H and O–H groups in total. The fourth-order valence-corrected chi connectivity index (χ4v) is 1.71. The molecule has 0 aliphatic heterocycles. The van der Waals surface area contributed by atoms with Crippen LogP contribution in [-0.2, 0) is 0 Å². The SMILES string of the molecule is CC(=O)c1cc(Nc2cc(F)c(F)cc2F)ccc1N. The summed E-state index contributed by atoms with van der Waals surface area (Å²) in [7, 11) is 0. The van der Waals surface area contributed by atoms with E-state index >= 15 is 0 Å². The van der Waals surface area contributed by atoms with E-state index in [0.29, 0.717) is 17.8 Å². The number of halogens is 3. The first-order valence-electron chi connectivity index (χ1n) is 5.70. The molecule has 0 saturated carbocycles. The van der Waals surface area contributed by atoms with Gasteiger partial charge in [0.1, 0.15) is 5.82 Å². The van der Waals surface area contributed by atoms with Gasteiger partial charge in [-0.2, -0.15) is 0 Å². The fourth-order valence-electron chi connectivity index (χ4n) is 1.71. The molecule has 3 nitrogen and oxygen atoms in total. The number of benzene rings is 2. The number of carbonyl (C=O) groups excluding carboxylic acids is 1. The fraction of sp³-hybridized carbons (Fsp3) is 0.0714. The van der Waals surface area contributed by atoms with Crippen LogP contribution in [0.25, 0.3) is 0 Å². The maximum absolute atomic E-state index is 13.5. The maximum atomic E-state index is 13.5. The summed E-state index contributed by atoms with van der Waals surface area (Å²) in [4.78, 5) is 11.3. The monoisotopic (exact) mass is 280 g/mol. The second kappa shape index (κ2) is 5.24. The lowest BCUT2D eigenvalue weighted by Crippen LogP contribution is -2.02. The average molecular weight is 280 g/mol. The minimum atomic E-state index is -1.27. The Labute approximate surface area is 113 Å². The Kier molecular flexibility index (Phi) is 3.65. The lowest BCUT2D eigenvalue weighted by atomic mass is 10.1. The molecule has 2 rings (SSSR count). The van der Waals surface area contributed by atoms with Crippen LogP contribution in [-0.4, -0.2) is 5.78 Å². The molecule has 0 spiro atoms. The Balaban J connectivity index is 2.38. The van der Waals surface area contributed by atoms with Crippen molar-refractivity contribution in [3.8, 4) is 0 Å². The standard InChI is InChI=1S/C14H11F3N2O/c1-7(20)9-4-8(2-3-13(9)18)19-14-6-11(16)10(15)5-12(14)17/h2-6,19H,18H2,1H3. The Hall–Kier alpha value is -2.50. The van der Waals surface area contributed by atoms with Crippen LogP contribution < -0.4 is 11.1 Å². The number of hydrogen-bond acceptors (Lipinski definition) is 3. The average Bonchev–Trinajstić information content (AvgIpc) is 2.37. The first-order valence-corrected chi connectivity index (χ1v) is 5.70. The Morgan fingerprint density at radius 2 is 1.70 bits per heavy atom. The van der Waals surface area contributed by atoms with Crippen molar-refractivity contribution >= 4 is 22.8 Å². The highest BCUT2D eigenvalue weighted by molar-refractivity contribution is 6.00. The zero-order valence-electron chi connectivity index (χ0n) is 10.5. The van der Waals surface area contributed by atoms with Gasteiger partial charge in [0.25, 0.3) is 0 Å². The Morgan fingerprint density at radius 1 is 1.05 bits per heavy atom. The molecular formula is C14H11F3N2O. The van der Waals surface area contributed by atoms with Crippen molar-refractivity contribution in [1.82, 2.24) is 0 Å². The molecule has 0 fully saturated rings. The van der Waals surface area contributed by atoms with Crippen LogP contribution in [0.4, 0.5) is 30.2 Å². The van der Waals surface area contributed by atoms with Crippen molar-refractivity contribution in [2.75, 3.05) is 11.1 Å². The molecule has 0 saturated heterocycles. The minimum Gasteiger partial charge on any atom is -0.398 e. The maximum Gasteiger partial charge on any atom is 0.161 e. The van der Waals surface area contributed by atoms with Gasteiger partial charge >= 0.3 is 0 Å². The van der Waals surface area contributed by atoms with Crippen LogP contribution in [0, 0.1) is 17.5 Å². The van der Waals surface area contributed by atoms with Gasteiger partial charge in [-0.15, -0.1) is 0 Å². The molecule has 6 heteroatoms. The van der Waals surface area contributed by atoms with E-state index in [-0.39, 0.29) is 22.7 Å². The Bertz CT molecular complexity index is 686. The van der Waals surface area contributed by atoms with E-state index in [1.54, 1.807) is 0 Å². The molecule has 0 aliphatic rings. The number of nitrogen functional groups attached to an aromatic ring is 1. The van der Waals surface area contributed by atoms with Gasteiger partial charge < -0.3 is 11.1 Å². The normalized spacial score (nSPS) is 10.4. The van der Waals surface area contributed by atoms with E-state index in [9.17, 15) is 18.0 Å². The van der Waals surface area contributed by atoms with Crippen LogP contribution in [0.15, 0.2) is 30.3 Å². The van der Waals surface area contributed by atoms with E-state index in [2.05, 4.69) is 5.32 Å². The van der Waals surface area contributed by atoms with Gasteiger partial charge in [-0.3, -0.25) is 4.79 Å². The summed E-state index contributed by atoms with van der Waals surface area (Å²) in [5, 5.41) is 2.57. The van der Waals surface area contributed by atoms with Gasteiger partial charge in [-0.25, -0.2) is 13.2 Å². The Morgan fingerprint density at radius 3 is 2.35 bits per heavy atom. The molecule has 0 aliphatic carbocycles. The van der Waals surface area contributed by atoms with Crippen molar-refractivity contribution < 1.29 is 18.0 Å². The van der Waals surface area contributed by atoms with Gasteiger partial charge in [-0.05, 0) is 25.1 Å². The number of carbonyl (C=O) groups is 1. The lowest BCUT2D eigenvalue weighted by molar-refractivity contribution is 0.101. The zero-order valence-corrected chi connectivity index (χ0v) is 10.5. The first-order chi connectivity index (χ1) is 9.38. The van der Waals surface area contributed by atoms with Crippen LogP contribution >= 0.6 is 0 Å². The number of rotatable bonds is 3. The molecule has 20 heavy (non-hydrogen) atoms. The van der Waals surface area contributed by atoms with E-state index in [0.717, 1.165) is 0 Å². The molecule has 0 amide bonds. The number of nitrogens with one attached hydrogen (secondary N) is 1. The highest BCUT2D eigenvalue weighted by Gasteiger charge is 2.11. The van der Waals surface area contributed by atoms with E-state index in [4.69, 9.17) is 5.73 Å². The van der Waals surface area contributed by atoms with Gasteiger partial charge in [0.2, 0.25) is 0 Å². The highest BCUT2D eigenvalue weighted by Crippen LogP contribution is 2.25. The van der Waals surface area contributed by atoms with Crippen molar-refractivity contribution in [2.45, 2.75) is 6.92 Å². The predicted octanol–water partition coefficient (Wildman–Crippen LogP) is 3.63. The number of Topliss-reactive ketones (excluding diaryl/α,β-unsaturated/α-hetero) is 1. The molecular weight excluding hydrogens is 269 g/mol.